The van der Waals surface area contributed by atoms with Crippen LogP contribution in [0, 0.1) is 13.1 Å². The first-order valence-electron chi connectivity index (χ1n) is 6.07. The van der Waals surface area contributed by atoms with Gasteiger partial charge in [-0.05, 0) is 0 Å². The molecule has 0 aliphatic heterocycles. The molecule has 2 aromatic rings. The van der Waals surface area contributed by atoms with Crippen molar-refractivity contribution in [3.8, 4) is 0 Å². The van der Waals surface area contributed by atoms with Gasteiger partial charge in [-0.1, -0.05) is 11.3 Å². The maximum absolute atomic E-state index is 11.5. The summed E-state index contributed by atoms with van der Waals surface area (Å²) >= 11 is 1.19. The Bertz CT molecular complexity index is 795. The number of imidazole rings is 1. The Kier molecular flexibility index (Phi) is 4.91. The maximum atomic E-state index is 11.5. The van der Waals surface area contributed by atoms with E-state index in [1.54, 1.807) is 7.05 Å². The van der Waals surface area contributed by atoms with Crippen LogP contribution in [0.5, 0.6) is 0 Å². The van der Waals surface area contributed by atoms with Gasteiger partial charge < -0.3 is 5.32 Å². The zero-order valence-corrected chi connectivity index (χ0v) is 12.9. The molecule has 0 aromatic carbocycles. The molecule has 0 aliphatic carbocycles. The van der Waals surface area contributed by atoms with Crippen LogP contribution in [0.3, 0.4) is 0 Å². The molecule has 0 fully saturated rings. The minimum absolute atomic E-state index is 0.0902. The van der Waals surface area contributed by atoms with Crippen molar-refractivity contribution in [3.63, 3.8) is 0 Å². The van der Waals surface area contributed by atoms with E-state index in [0.29, 0.717) is 5.13 Å². The van der Waals surface area contributed by atoms with Crippen molar-refractivity contribution >= 4 is 34.1 Å². The van der Waals surface area contributed by atoms with E-state index in [0.717, 1.165) is 0 Å². The molecule has 2 rings (SSSR count). The third-order valence-corrected chi connectivity index (χ3v) is 3.19. The fourth-order valence-corrected chi connectivity index (χ4v) is 1.92. The maximum Gasteiger partial charge on any atom is 0.535 e. The summed E-state index contributed by atoms with van der Waals surface area (Å²) in [5.41, 5.74) is 1.50. The highest BCUT2D eigenvalue weighted by molar-refractivity contribution is 7.13. The Balaban J connectivity index is 2.46. The van der Waals surface area contributed by atoms with Gasteiger partial charge in [-0.2, -0.15) is 4.98 Å². The second-order valence-electron chi connectivity index (χ2n) is 3.96. The predicted octanol–water partition coefficient (Wildman–Crippen LogP) is 2.28. The van der Waals surface area contributed by atoms with Gasteiger partial charge in [0.25, 0.3) is 11.0 Å². The average molecular weight is 330 g/mol. The Labute approximate surface area is 134 Å². The van der Waals surface area contributed by atoms with Crippen molar-refractivity contribution < 1.29 is 4.79 Å². The number of nitrogens with zero attached hydrogens (tertiary/aromatic N) is 8. The molecule has 0 atom stereocenters. The van der Waals surface area contributed by atoms with Crippen LogP contribution in [0.4, 0.5) is 21.6 Å². The molecule has 0 saturated carbocycles. The highest BCUT2D eigenvalue weighted by Gasteiger charge is 2.30. The number of carbonyl (C=O) groups is 1. The summed E-state index contributed by atoms with van der Waals surface area (Å²) in [6.45, 7) is 14.1. The summed E-state index contributed by atoms with van der Waals surface area (Å²) in [6, 6.07) is -0.510. The zero-order valence-electron chi connectivity index (χ0n) is 12.0. The number of hydrogen-bond acceptors (Lipinski definition) is 7. The van der Waals surface area contributed by atoms with E-state index in [1.807, 2.05) is 0 Å². The second kappa shape index (κ2) is 7.06. The van der Waals surface area contributed by atoms with Crippen LogP contribution in [0.15, 0.2) is 15.7 Å². The smallest absolute Gasteiger partial charge is 0.341 e. The minimum atomic E-state index is -1.13. The van der Waals surface area contributed by atoms with Crippen molar-refractivity contribution in [2.75, 3.05) is 12.4 Å². The average Bonchev–Trinajstić information content (AvgIpc) is 3.16. The summed E-state index contributed by atoms with van der Waals surface area (Å²) in [5, 5.41) is 20.4. The number of aromatic nitrogens is 4. The molecule has 12 heteroatoms. The normalized spacial score (nSPS) is 10.5. The van der Waals surface area contributed by atoms with Gasteiger partial charge >= 0.3 is 12.2 Å². The largest absolute Gasteiger partial charge is 0.535 e. The van der Waals surface area contributed by atoms with Gasteiger partial charge in [0, 0.05) is 14.1 Å². The number of nitrogens with one attached hydrogen (secondary N) is 2. The van der Waals surface area contributed by atoms with Crippen molar-refractivity contribution in [2.24, 2.45) is 17.3 Å². The Morgan fingerprint density at radius 3 is 2.74 bits per heavy atom. The minimum Gasteiger partial charge on any atom is -0.341 e. The van der Waals surface area contributed by atoms with E-state index in [9.17, 15) is 4.79 Å². The summed E-state index contributed by atoms with van der Waals surface area (Å²) in [6.07, 6.45) is -1.13. The lowest BCUT2D eigenvalue weighted by Crippen LogP contribution is -2.24. The first-order valence-corrected chi connectivity index (χ1v) is 6.95. The molecule has 0 radical (unpaired) electrons. The molecule has 0 aliphatic rings. The Hall–Kier alpha value is -3.38. The van der Waals surface area contributed by atoms with E-state index in [4.69, 9.17) is 13.1 Å². The first kappa shape index (κ1) is 16.0. The topological polar surface area (TPSA) is 118 Å². The lowest BCUT2D eigenvalue weighted by atomic mass is 10.5. The van der Waals surface area contributed by atoms with Crippen molar-refractivity contribution in [1.29, 1.82) is 0 Å². The van der Waals surface area contributed by atoms with Gasteiger partial charge in [-0.15, -0.1) is 20.4 Å². The third-order valence-electron chi connectivity index (χ3n) is 2.61. The molecule has 0 unspecified atom stereocenters. The highest BCUT2D eigenvalue weighted by Crippen LogP contribution is 2.31. The number of urea groups is 1. The van der Waals surface area contributed by atoms with Gasteiger partial charge in [0.1, 0.15) is 5.51 Å². The van der Waals surface area contributed by atoms with E-state index in [1.165, 1.54) is 28.5 Å². The molecule has 0 spiro atoms. The first-order chi connectivity index (χ1) is 11.1. The third kappa shape index (κ3) is 3.45. The van der Waals surface area contributed by atoms with Gasteiger partial charge in [-0.3, -0.25) is 9.88 Å². The molecule has 0 saturated heterocycles. The van der Waals surface area contributed by atoms with Crippen molar-refractivity contribution in [1.82, 2.24) is 25.1 Å². The molecular weight excluding hydrogens is 320 g/mol. The summed E-state index contributed by atoms with van der Waals surface area (Å²) in [4.78, 5) is 22.0. The van der Waals surface area contributed by atoms with Crippen LogP contribution < -0.4 is 10.6 Å². The summed E-state index contributed by atoms with van der Waals surface area (Å²) in [7, 11) is 3.03. The highest BCUT2D eigenvalue weighted by atomic mass is 32.1. The van der Waals surface area contributed by atoms with Gasteiger partial charge in [0.15, 0.2) is 11.6 Å². The van der Waals surface area contributed by atoms with Gasteiger partial charge in [0.05, 0.1) is 0 Å². The van der Waals surface area contributed by atoms with Crippen LogP contribution in [-0.2, 0) is 7.05 Å². The van der Waals surface area contributed by atoms with E-state index in [2.05, 4.69) is 45.7 Å². The monoisotopic (exact) mass is 330 g/mol. The fraction of sp³-hybridized carbons (Fsp3) is 0.273. The van der Waals surface area contributed by atoms with Crippen LogP contribution in [-0.4, -0.2) is 32.8 Å². The number of azo groups is 1. The molecule has 2 aromatic heterocycles. The predicted molar refractivity (Wildman–Crippen MR) is 81.3 cm³/mol. The van der Waals surface area contributed by atoms with Gasteiger partial charge in [0.2, 0.25) is 0 Å². The van der Waals surface area contributed by atoms with Crippen LogP contribution >= 0.6 is 11.3 Å². The number of anilines is 1. The molecule has 2 heterocycles. The molecule has 2 amide bonds. The molecule has 0 bridgehead atoms. The number of hydrogen-bond donors (Lipinski definition) is 2. The summed E-state index contributed by atoms with van der Waals surface area (Å²) < 4.78 is 1.43. The SMILES string of the molecule is [C-]#[N+]C([N+]#[C-])c1nc(NC(=O)NC)c(/N=N/c2nncs2)n1C. The quantitative estimate of drug-likeness (QED) is 0.660. The van der Waals surface area contributed by atoms with E-state index in [-0.39, 0.29) is 17.5 Å². The molecular formula is C11H10N10OS. The van der Waals surface area contributed by atoms with Crippen LogP contribution in [0.1, 0.15) is 12.0 Å². The number of carbonyl (C=O) groups excluding carboxylic acids is 1. The second-order valence-corrected chi connectivity index (χ2v) is 4.77. The molecule has 116 valence electrons. The van der Waals surface area contributed by atoms with Crippen molar-refractivity contribution in [3.05, 3.63) is 34.2 Å². The standard InChI is InChI=1S/C11H10N10OS/c1-12-6(13-2)8-16-7(17-10(22)14-3)9(21(8)4)18-20-11-19-15-5-23-11/h5-6H,3-4H3,(H2,14,17,22)/b20-18+. The zero-order chi connectivity index (χ0) is 16.8. The Morgan fingerprint density at radius 1 is 1.43 bits per heavy atom. The Morgan fingerprint density at radius 2 is 2.17 bits per heavy atom. The molecule has 2 N–H and O–H groups in total. The fourth-order valence-electron chi connectivity index (χ4n) is 1.55. The van der Waals surface area contributed by atoms with Crippen molar-refractivity contribution in [2.45, 2.75) is 6.17 Å². The lowest BCUT2D eigenvalue weighted by Gasteiger charge is -2.01. The van der Waals surface area contributed by atoms with Crippen LogP contribution in [0.25, 0.3) is 9.69 Å². The molecule has 23 heavy (non-hydrogen) atoms. The van der Waals surface area contributed by atoms with Gasteiger partial charge in [-0.25, -0.2) is 27.6 Å². The number of amides is 2. The lowest BCUT2D eigenvalue weighted by molar-refractivity contribution is 0.254. The van der Waals surface area contributed by atoms with E-state index >= 15 is 0 Å². The number of rotatable bonds is 4. The van der Waals surface area contributed by atoms with E-state index < -0.39 is 12.2 Å². The summed E-state index contributed by atoms with van der Waals surface area (Å²) in [5.74, 6) is 0.441. The molecule has 11 nitrogen and oxygen atoms in total. The van der Waals surface area contributed by atoms with Crippen LogP contribution in [0.2, 0.25) is 0 Å².